The van der Waals surface area contributed by atoms with E-state index in [1.807, 2.05) is 42.5 Å². The Morgan fingerprint density at radius 1 is 1.11 bits per heavy atom. The summed E-state index contributed by atoms with van der Waals surface area (Å²) in [5, 5.41) is 22.0. The van der Waals surface area contributed by atoms with Crippen molar-refractivity contribution in [1.29, 1.82) is 0 Å². The summed E-state index contributed by atoms with van der Waals surface area (Å²) < 4.78 is 1.18. The molecule has 0 radical (unpaired) electrons. The highest BCUT2D eigenvalue weighted by atomic mass is 16.2. The Morgan fingerprint density at radius 2 is 1.82 bits per heavy atom. The van der Waals surface area contributed by atoms with Gasteiger partial charge in [0, 0.05) is 10.9 Å². The first-order valence-corrected chi connectivity index (χ1v) is 8.71. The maximum Gasteiger partial charge on any atom is 0.275 e. The number of carbonyl (C=O) groups is 1. The summed E-state index contributed by atoms with van der Waals surface area (Å²) in [6.45, 7) is 1.51. The van der Waals surface area contributed by atoms with Crippen LogP contribution in [0, 0.1) is 0 Å². The summed E-state index contributed by atoms with van der Waals surface area (Å²) in [6, 6.07) is 16.4. The van der Waals surface area contributed by atoms with Crippen LogP contribution in [-0.2, 0) is 11.3 Å². The van der Waals surface area contributed by atoms with Crippen LogP contribution in [-0.4, -0.2) is 36.3 Å². The third kappa shape index (κ3) is 3.37. The van der Waals surface area contributed by atoms with E-state index in [-0.39, 0.29) is 18.0 Å². The van der Waals surface area contributed by atoms with E-state index >= 15 is 0 Å². The van der Waals surface area contributed by atoms with Crippen molar-refractivity contribution in [1.82, 2.24) is 35.7 Å². The van der Waals surface area contributed by atoms with Crippen LogP contribution in [0.25, 0.3) is 22.0 Å². The van der Waals surface area contributed by atoms with E-state index in [4.69, 9.17) is 0 Å². The second-order valence-electron chi connectivity index (χ2n) is 6.28. The maximum atomic E-state index is 12.8. The van der Waals surface area contributed by atoms with Gasteiger partial charge in [0.05, 0.1) is 17.1 Å². The van der Waals surface area contributed by atoms with Gasteiger partial charge in [-0.3, -0.25) is 9.59 Å². The van der Waals surface area contributed by atoms with E-state index in [1.54, 1.807) is 19.1 Å². The van der Waals surface area contributed by atoms with Gasteiger partial charge in [0.25, 0.3) is 5.56 Å². The van der Waals surface area contributed by atoms with Crippen molar-refractivity contribution in [2.75, 3.05) is 0 Å². The molecule has 28 heavy (non-hydrogen) atoms. The molecule has 2 heterocycles. The van der Waals surface area contributed by atoms with E-state index < -0.39 is 6.04 Å². The zero-order valence-electron chi connectivity index (χ0n) is 15.0. The van der Waals surface area contributed by atoms with Crippen molar-refractivity contribution >= 4 is 16.7 Å². The molecule has 0 saturated carbocycles. The molecule has 0 saturated heterocycles. The lowest BCUT2D eigenvalue weighted by atomic mass is 10.1. The average Bonchev–Trinajstić information content (AvgIpc) is 3.26. The quantitative estimate of drug-likeness (QED) is 0.545. The minimum atomic E-state index is -0.448. The molecular formula is C19H17N7O2. The normalized spacial score (nSPS) is 12.0. The predicted octanol–water partition coefficient (Wildman–Crippen LogP) is 1.45. The Bertz CT molecular complexity index is 1170. The Morgan fingerprint density at radius 3 is 2.54 bits per heavy atom. The molecule has 4 aromatic rings. The zero-order valence-corrected chi connectivity index (χ0v) is 15.0. The van der Waals surface area contributed by atoms with Crippen LogP contribution in [0.15, 0.2) is 59.4 Å². The molecule has 1 atom stereocenters. The zero-order chi connectivity index (χ0) is 19.5. The maximum absolute atomic E-state index is 12.8. The fourth-order valence-corrected chi connectivity index (χ4v) is 2.99. The number of rotatable bonds is 5. The van der Waals surface area contributed by atoms with Crippen molar-refractivity contribution in [2.45, 2.75) is 19.5 Å². The van der Waals surface area contributed by atoms with E-state index in [0.717, 1.165) is 10.9 Å². The van der Waals surface area contributed by atoms with Crippen LogP contribution in [0.1, 0.15) is 18.8 Å². The first-order chi connectivity index (χ1) is 13.6. The minimum absolute atomic E-state index is 0.217. The predicted molar refractivity (Wildman–Crippen MR) is 102 cm³/mol. The lowest BCUT2D eigenvalue weighted by Gasteiger charge is -2.13. The number of benzene rings is 2. The number of nitrogens with one attached hydrogen (secondary N) is 2. The molecule has 0 aliphatic rings. The third-order valence-corrected chi connectivity index (χ3v) is 4.33. The van der Waals surface area contributed by atoms with Gasteiger partial charge in [0.15, 0.2) is 5.82 Å². The number of hydrogen-bond donors (Lipinski definition) is 2. The van der Waals surface area contributed by atoms with Gasteiger partial charge in [0.1, 0.15) is 6.54 Å². The van der Waals surface area contributed by atoms with Crippen molar-refractivity contribution in [3.8, 4) is 11.3 Å². The van der Waals surface area contributed by atoms with Crippen molar-refractivity contribution < 1.29 is 4.79 Å². The summed E-state index contributed by atoms with van der Waals surface area (Å²) in [4.78, 5) is 25.3. The first-order valence-electron chi connectivity index (χ1n) is 8.71. The van der Waals surface area contributed by atoms with E-state index in [1.165, 1.54) is 4.68 Å². The largest absolute Gasteiger partial charge is 0.345 e. The van der Waals surface area contributed by atoms with Gasteiger partial charge in [-0.15, -0.1) is 10.2 Å². The second-order valence-corrected chi connectivity index (χ2v) is 6.28. The van der Waals surface area contributed by atoms with Crippen molar-refractivity contribution in [2.24, 2.45) is 0 Å². The number of aromatic amines is 1. The molecule has 140 valence electrons. The number of carbonyl (C=O) groups excluding carboxylic acids is 1. The molecule has 2 N–H and O–H groups in total. The molecule has 0 aliphatic carbocycles. The van der Waals surface area contributed by atoms with E-state index in [9.17, 15) is 9.59 Å². The lowest BCUT2D eigenvalue weighted by Crippen LogP contribution is -2.35. The number of H-pyrrole nitrogens is 1. The third-order valence-electron chi connectivity index (χ3n) is 4.33. The average molecular weight is 375 g/mol. The molecule has 9 heteroatoms. The topological polar surface area (TPSA) is 118 Å². The summed E-state index contributed by atoms with van der Waals surface area (Å²) >= 11 is 0. The van der Waals surface area contributed by atoms with Crippen molar-refractivity contribution in [3.63, 3.8) is 0 Å². The Balaban J connectivity index is 1.70. The molecule has 0 spiro atoms. The molecule has 1 amide bonds. The molecule has 9 nitrogen and oxygen atoms in total. The van der Waals surface area contributed by atoms with Crippen molar-refractivity contribution in [3.05, 3.63) is 70.8 Å². The molecule has 0 bridgehead atoms. The number of aromatic nitrogens is 6. The van der Waals surface area contributed by atoms with Crippen LogP contribution in [0.5, 0.6) is 0 Å². The molecule has 0 fully saturated rings. The summed E-state index contributed by atoms with van der Waals surface area (Å²) in [5.41, 5.74) is 1.19. The molecular weight excluding hydrogens is 358 g/mol. The van der Waals surface area contributed by atoms with Crippen LogP contribution < -0.4 is 10.9 Å². The molecule has 2 aromatic carbocycles. The van der Waals surface area contributed by atoms with Gasteiger partial charge >= 0.3 is 0 Å². The van der Waals surface area contributed by atoms with Gasteiger partial charge in [-0.05, 0) is 13.0 Å². The summed E-state index contributed by atoms with van der Waals surface area (Å²) in [5.74, 6) is -0.0154. The number of nitrogens with zero attached hydrogens (tertiary/aromatic N) is 5. The van der Waals surface area contributed by atoms with Crippen LogP contribution in [0.3, 0.4) is 0 Å². The van der Waals surface area contributed by atoms with Crippen LogP contribution in [0.4, 0.5) is 0 Å². The number of amides is 1. The van der Waals surface area contributed by atoms with Crippen LogP contribution >= 0.6 is 0 Å². The van der Waals surface area contributed by atoms with Gasteiger partial charge < -0.3 is 5.32 Å². The Kier molecular flexibility index (Phi) is 4.63. The Hall–Kier alpha value is -3.88. The van der Waals surface area contributed by atoms with E-state index in [0.29, 0.717) is 16.9 Å². The Labute approximate surface area is 159 Å². The summed E-state index contributed by atoms with van der Waals surface area (Å²) in [7, 11) is 0. The van der Waals surface area contributed by atoms with Crippen LogP contribution in [0.2, 0.25) is 0 Å². The minimum Gasteiger partial charge on any atom is -0.345 e. The fraction of sp³-hybridized carbons (Fsp3) is 0.158. The fourth-order valence-electron chi connectivity index (χ4n) is 2.99. The highest BCUT2D eigenvalue weighted by molar-refractivity contribution is 5.93. The first kappa shape index (κ1) is 17.5. The highest BCUT2D eigenvalue weighted by Crippen LogP contribution is 2.24. The molecule has 1 unspecified atom stereocenters. The highest BCUT2D eigenvalue weighted by Gasteiger charge is 2.17. The van der Waals surface area contributed by atoms with Gasteiger partial charge in [-0.2, -0.15) is 10.3 Å². The molecule has 4 rings (SSSR count). The van der Waals surface area contributed by atoms with Gasteiger partial charge in [-0.25, -0.2) is 4.68 Å². The SMILES string of the molecule is CC(NC(=O)Cn1nc(-c2ccccc2)c2ccccc2c1=O)c1nn[nH]n1. The monoisotopic (exact) mass is 375 g/mol. The molecule has 0 aliphatic heterocycles. The summed E-state index contributed by atoms with van der Waals surface area (Å²) in [6.07, 6.45) is 0. The number of hydrogen-bond acceptors (Lipinski definition) is 6. The lowest BCUT2D eigenvalue weighted by molar-refractivity contribution is -0.122. The standard InChI is InChI=1S/C19H17N7O2/c1-12(18-21-24-25-22-18)20-16(27)11-26-19(28)15-10-6-5-9-14(15)17(23-26)13-7-3-2-4-8-13/h2-10,12H,11H2,1H3,(H,20,27)(H,21,22,24,25). The molecule has 2 aromatic heterocycles. The van der Waals surface area contributed by atoms with Gasteiger partial charge in [0.2, 0.25) is 5.91 Å². The smallest absolute Gasteiger partial charge is 0.275 e. The number of tetrazole rings is 1. The van der Waals surface area contributed by atoms with Gasteiger partial charge in [-0.1, -0.05) is 53.7 Å². The number of fused-ring (bicyclic) bond motifs is 1. The van der Waals surface area contributed by atoms with E-state index in [2.05, 4.69) is 31.0 Å². The second kappa shape index (κ2) is 7.39.